The standard InChI is InChI=1S/C17H20BrFN2O2/c1-9(2)4-6-20-12-8-11-14(19)13(18)16(23-3)10-5-7-21(15(10)11)17(12)22/h8-9,20H,4-7H2,1-3H3. The van der Waals surface area contributed by atoms with Crippen LogP contribution in [0.5, 0.6) is 5.75 Å². The van der Waals surface area contributed by atoms with Gasteiger partial charge in [-0.2, -0.15) is 0 Å². The molecule has 6 heteroatoms. The summed E-state index contributed by atoms with van der Waals surface area (Å²) in [4.78, 5) is 12.6. The largest absolute Gasteiger partial charge is 0.495 e. The third kappa shape index (κ3) is 2.63. The highest BCUT2D eigenvalue weighted by Gasteiger charge is 2.27. The topological polar surface area (TPSA) is 43.3 Å². The number of hydrogen-bond acceptors (Lipinski definition) is 3. The number of rotatable bonds is 5. The lowest BCUT2D eigenvalue weighted by molar-refractivity contribution is 0.404. The van der Waals surface area contributed by atoms with Crippen LogP contribution < -0.4 is 15.6 Å². The molecule has 1 N–H and O–H groups in total. The second-order valence-electron chi connectivity index (χ2n) is 6.28. The van der Waals surface area contributed by atoms with Crippen LogP contribution in [0.4, 0.5) is 10.1 Å². The zero-order valence-corrected chi connectivity index (χ0v) is 15.1. The van der Waals surface area contributed by atoms with Crippen molar-refractivity contribution in [3.8, 4) is 5.75 Å². The van der Waals surface area contributed by atoms with E-state index in [1.165, 1.54) is 7.11 Å². The molecule has 1 aliphatic heterocycles. The molecule has 0 saturated carbocycles. The quantitative estimate of drug-likeness (QED) is 0.851. The molecular weight excluding hydrogens is 363 g/mol. The first-order chi connectivity index (χ1) is 11.0. The number of nitrogens with zero attached hydrogens (tertiary/aromatic N) is 1. The van der Waals surface area contributed by atoms with Gasteiger partial charge in [0.25, 0.3) is 5.56 Å². The van der Waals surface area contributed by atoms with Crippen molar-refractivity contribution in [2.75, 3.05) is 19.0 Å². The first-order valence-corrected chi connectivity index (χ1v) is 8.60. The van der Waals surface area contributed by atoms with E-state index in [0.29, 0.717) is 52.2 Å². The van der Waals surface area contributed by atoms with E-state index >= 15 is 0 Å². The lowest BCUT2D eigenvalue weighted by atomic mass is 10.1. The summed E-state index contributed by atoms with van der Waals surface area (Å²) in [5.74, 6) is 0.645. The minimum Gasteiger partial charge on any atom is -0.495 e. The molecule has 0 spiro atoms. The fraction of sp³-hybridized carbons (Fsp3) is 0.471. The third-order valence-corrected chi connectivity index (χ3v) is 5.01. The van der Waals surface area contributed by atoms with Gasteiger partial charge in [-0.1, -0.05) is 13.8 Å². The molecule has 2 aromatic rings. The summed E-state index contributed by atoms with van der Waals surface area (Å²) in [6.07, 6.45) is 1.63. The number of ether oxygens (including phenoxy) is 1. The average molecular weight is 383 g/mol. The second-order valence-corrected chi connectivity index (χ2v) is 7.07. The molecular formula is C17H20BrFN2O2. The van der Waals surface area contributed by atoms with Crippen LogP contribution in [0.3, 0.4) is 0 Å². The van der Waals surface area contributed by atoms with Gasteiger partial charge < -0.3 is 14.6 Å². The number of hydrogen-bond donors (Lipinski definition) is 1. The third-order valence-electron chi connectivity index (χ3n) is 4.30. The molecule has 1 aromatic carbocycles. The van der Waals surface area contributed by atoms with Crippen LogP contribution >= 0.6 is 15.9 Å². The highest BCUT2D eigenvalue weighted by molar-refractivity contribution is 9.10. The molecule has 0 amide bonds. The van der Waals surface area contributed by atoms with Crippen molar-refractivity contribution in [1.29, 1.82) is 0 Å². The van der Waals surface area contributed by atoms with Crippen molar-refractivity contribution in [3.05, 3.63) is 32.3 Å². The summed E-state index contributed by atoms with van der Waals surface area (Å²) in [7, 11) is 1.52. The maximum absolute atomic E-state index is 14.7. The summed E-state index contributed by atoms with van der Waals surface area (Å²) < 4.78 is 22.0. The number of benzene rings is 1. The van der Waals surface area contributed by atoms with E-state index in [2.05, 4.69) is 35.1 Å². The molecule has 4 nitrogen and oxygen atoms in total. The molecule has 0 saturated heterocycles. The first-order valence-electron chi connectivity index (χ1n) is 7.81. The number of halogens is 2. The molecule has 3 rings (SSSR count). The molecule has 0 atom stereocenters. The SMILES string of the molecule is COc1c(Br)c(F)c2cc(NCCC(C)C)c(=O)n3c2c1CC3. The molecule has 0 unspecified atom stereocenters. The normalized spacial score (nSPS) is 13.1. The summed E-state index contributed by atoms with van der Waals surface area (Å²) in [5.41, 5.74) is 1.91. The first kappa shape index (κ1) is 16.3. The summed E-state index contributed by atoms with van der Waals surface area (Å²) in [5, 5.41) is 3.62. The van der Waals surface area contributed by atoms with E-state index in [-0.39, 0.29) is 11.4 Å². The van der Waals surface area contributed by atoms with Crippen molar-refractivity contribution in [1.82, 2.24) is 4.57 Å². The van der Waals surface area contributed by atoms with Crippen LogP contribution in [0.15, 0.2) is 15.3 Å². The number of nitrogens with one attached hydrogen (secondary N) is 1. The molecule has 1 aromatic heterocycles. The predicted molar refractivity (Wildman–Crippen MR) is 94.1 cm³/mol. The van der Waals surface area contributed by atoms with Gasteiger partial charge in [0, 0.05) is 24.0 Å². The average Bonchev–Trinajstić information content (AvgIpc) is 2.94. The van der Waals surface area contributed by atoms with E-state index in [1.807, 2.05) is 0 Å². The van der Waals surface area contributed by atoms with Crippen LogP contribution in [0.1, 0.15) is 25.8 Å². The van der Waals surface area contributed by atoms with Gasteiger partial charge >= 0.3 is 0 Å². The van der Waals surface area contributed by atoms with Gasteiger partial charge in [0.2, 0.25) is 0 Å². The van der Waals surface area contributed by atoms with E-state index in [1.54, 1.807) is 10.6 Å². The van der Waals surface area contributed by atoms with E-state index in [4.69, 9.17) is 4.74 Å². The molecule has 0 bridgehead atoms. The van der Waals surface area contributed by atoms with Gasteiger partial charge in [0.1, 0.15) is 11.4 Å². The fourth-order valence-corrected chi connectivity index (χ4v) is 3.74. The Morgan fingerprint density at radius 2 is 2.22 bits per heavy atom. The Kier molecular flexibility index (Phi) is 4.36. The lowest BCUT2D eigenvalue weighted by Gasteiger charge is -2.14. The smallest absolute Gasteiger partial charge is 0.274 e. The van der Waals surface area contributed by atoms with Gasteiger partial charge in [-0.15, -0.1) is 0 Å². The molecule has 1 aliphatic rings. The Balaban J connectivity index is 2.17. The van der Waals surface area contributed by atoms with Gasteiger partial charge in [-0.25, -0.2) is 4.39 Å². The molecule has 0 fully saturated rings. The Hall–Kier alpha value is -1.56. The molecule has 2 heterocycles. The van der Waals surface area contributed by atoms with E-state index in [0.717, 1.165) is 12.0 Å². The lowest BCUT2D eigenvalue weighted by Crippen LogP contribution is -2.23. The van der Waals surface area contributed by atoms with Crippen molar-refractivity contribution in [2.24, 2.45) is 5.92 Å². The Morgan fingerprint density at radius 3 is 2.87 bits per heavy atom. The minimum absolute atomic E-state index is 0.0937. The van der Waals surface area contributed by atoms with Crippen molar-refractivity contribution in [3.63, 3.8) is 0 Å². The van der Waals surface area contributed by atoms with Crippen LogP contribution in [-0.4, -0.2) is 18.2 Å². The predicted octanol–water partition coefficient (Wildman–Crippen LogP) is 3.93. The summed E-state index contributed by atoms with van der Waals surface area (Å²) >= 11 is 3.28. The highest BCUT2D eigenvalue weighted by Crippen LogP contribution is 2.41. The van der Waals surface area contributed by atoms with Crippen LogP contribution in [0.2, 0.25) is 0 Å². The summed E-state index contributed by atoms with van der Waals surface area (Å²) in [6.45, 7) is 5.51. The van der Waals surface area contributed by atoms with Gasteiger partial charge in [-0.05, 0) is 40.8 Å². The van der Waals surface area contributed by atoms with Crippen molar-refractivity contribution >= 4 is 32.5 Å². The highest BCUT2D eigenvalue weighted by atomic mass is 79.9. The van der Waals surface area contributed by atoms with Crippen molar-refractivity contribution in [2.45, 2.75) is 33.2 Å². The molecule has 0 aliphatic carbocycles. The summed E-state index contributed by atoms with van der Waals surface area (Å²) in [6, 6.07) is 1.63. The maximum atomic E-state index is 14.7. The second kappa shape index (κ2) is 6.15. The monoisotopic (exact) mass is 382 g/mol. The minimum atomic E-state index is -0.386. The van der Waals surface area contributed by atoms with Crippen molar-refractivity contribution < 1.29 is 9.13 Å². The maximum Gasteiger partial charge on any atom is 0.274 e. The van der Waals surface area contributed by atoms with E-state index in [9.17, 15) is 9.18 Å². The zero-order valence-electron chi connectivity index (χ0n) is 13.5. The van der Waals surface area contributed by atoms with Crippen LogP contribution in [0.25, 0.3) is 10.9 Å². The molecule has 0 radical (unpaired) electrons. The van der Waals surface area contributed by atoms with Crippen LogP contribution in [-0.2, 0) is 13.0 Å². The Morgan fingerprint density at radius 1 is 1.48 bits per heavy atom. The number of aromatic nitrogens is 1. The van der Waals surface area contributed by atoms with E-state index < -0.39 is 0 Å². The molecule has 23 heavy (non-hydrogen) atoms. The fourth-order valence-electron chi connectivity index (χ4n) is 3.12. The molecule has 124 valence electrons. The number of anilines is 1. The number of methoxy groups -OCH3 is 1. The number of aryl methyl sites for hydroxylation is 2. The van der Waals surface area contributed by atoms with Gasteiger partial charge in [0.15, 0.2) is 5.82 Å². The number of pyridine rings is 1. The van der Waals surface area contributed by atoms with Gasteiger partial charge in [-0.3, -0.25) is 4.79 Å². The van der Waals surface area contributed by atoms with Gasteiger partial charge in [0.05, 0.1) is 17.1 Å². The zero-order chi connectivity index (χ0) is 16.7. The Labute approximate surface area is 142 Å². The van der Waals surface area contributed by atoms with Crippen LogP contribution in [0, 0.1) is 11.7 Å². The Bertz CT molecular complexity index is 830.